The molecule has 1 fully saturated rings. The van der Waals surface area contributed by atoms with E-state index in [-0.39, 0.29) is 53.4 Å². The molecule has 0 radical (unpaired) electrons. The lowest BCUT2D eigenvalue weighted by molar-refractivity contribution is -0.159. The molecule has 1 aliphatic carbocycles. The number of aliphatic hydroxyl groups excluding tert-OH is 1. The normalized spacial score (nSPS) is 24.4. The molecule has 47 heavy (non-hydrogen) atoms. The van der Waals surface area contributed by atoms with Crippen molar-refractivity contribution in [3.8, 4) is 11.5 Å². The highest BCUT2D eigenvalue weighted by atomic mass is 16.6. The summed E-state index contributed by atoms with van der Waals surface area (Å²) in [7, 11) is 0. The number of carbonyl (C=O) groups excluding carboxylic acids is 1. The van der Waals surface area contributed by atoms with Crippen molar-refractivity contribution in [1.82, 2.24) is 10.6 Å². The zero-order valence-corrected chi connectivity index (χ0v) is 26.9. The number of rotatable bonds is 9. The molecule has 250 valence electrons. The van der Waals surface area contributed by atoms with Crippen molar-refractivity contribution in [2.24, 2.45) is 17.4 Å². The summed E-state index contributed by atoms with van der Waals surface area (Å²) in [6, 6.07) is 1.18. The van der Waals surface area contributed by atoms with Gasteiger partial charge in [-0.1, -0.05) is 31.1 Å². The van der Waals surface area contributed by atoms with Crippen LogP contribution in [-0.2, 0) is 29.0 Å². The zero-order valence-electron chi connectivity index (χ0n) is 26.9. The molecule has 1 aromatic carbocycles. The number of fused-ring (bicyclic) bond motifs is 2. The minimum absolute atomic E-state index is 0.0141. The fourth-order valence-corrected chi connectivity index (χ4v) is 7.13. The van der Waals surface area contributed by atoms with Crippen LogP contribution in [0, 0.1) is 5.92 Å². The fraction of sp³-hybridized carbons (Fsp3) is 0.444. The quantitative estimate of drug-likeness (QED) is 0.173. The van der Waals surface area contributed by atoms with Gasteiger partial charge in [0.25, 0.3) is 0 Å². The first-order valence-corrected chi connectivity index (χ1v) is 16.4. The molecule has 3 aliphatic heterocycles. The van der Waals surface area contributed by atoms with Crippen molar-refractivity contribution in [3.63, 3.8) is 0 Å². The number of hydrogen-bond donors (Lipinski definition) is 6. The Bertz CT molecular complexity index is 1780. The minimum atomic E-state index is -1.04. The Hall–Kier alpha value is -4.48. The maximum Gasteiger partial charge on any atom is 0.334 e. The molecule has 3 unspecified atom stereocenters. The Labute approximate surface area is 273 Å². The van der Waals surface area contributed by atoms with E-state index >= 15 is 0 Å². The van der Waals surface area contributed by atoms with Crippen LogP contribution < -0.4 is 32.3 Å². The highest BCUT2D eigenvalue weighted by molar-refractivity contribution is 5.91. The van der Waals surface area contributed by atoms with E-state index in [4.69, 9.17) is 25.4 Å². The summed E-state index contributed by atoms with van der Waals surface area (Å²) in [5.41, 5.74) is 14.1. The lowest BCUT2D eigenvalue weighted by atomic mass is 9.82. The highest BCUT2D eigenvalue weighted by Gasteiger charge is 2.47. The number of phenolic OH excluding ortho intramolecular Hbond substituents is 1. The summed E-state index contributed by atoms with van der Waals surface area (Å²) in [4.78, 5) is 27.2. The number of dihydropyridines is 2. The number of phenols is 1. The number of allylic oxidation sites excluding steroid dienone is 5. The van der Waals surface area contributed by atoms with Crippen LogP contribution in [0.3, 0.4) is 0 Å². The average molecular weight is 645 g/mol. The van der Waals surface area contributed by atoms with E-state index in [1.54, 1.807) is 6.08 Å². The van der Waals surface area contributed by atoms with E-state index < -0.39 is 23.7 Å². The number of esters is 1. The second kappa shape index (κ2) is 13.3. The lowest BCUT2D eigenvalue weighted by Crippen LogP contribution is -2.51. The first kappa shape index (κ1) is 32.5. The molecule has 3 atom stereocenters. The van der Waals surface area contributed by atoms with Gasteiger partial charge in [0, 0.05) is 48.4 Å². The number of ether oxygens (including phenoxy) is 2. The van der Waals surface area contributed by atoms with Crippen LogP contribution in [0.4, 0.5) is 0 Å². The monoisotopic (exact) mass is 644 g/mol. The molecule has 1 saturated carbocycles. The van der Waals surface area contributed by atoms with Crippen molar-refractivity contribution >= 4 is 16.9 Å². The molecule has 0 spiro atoms. The van der Waals surface area contributed by atoms with E-state index in [1.165, 1.54) is 6.07 Å². The van der Waals surface area contributed by atoms with Crippen molar-refractivity contribution in [2.75, 3.05) is 6.54 Å². The topological polar surface area (TPSA) is 182 Å². The third-order valence-corrected chi connectivity index (χ3v) is 9.78. The molecule has 0 saturated heterocycles. The number of carbonyl (C=O) groups is 1. The number of benzene rings is 1. The number of hydrogen-bond acceptors (Lipinski definition) is 11. The summed E-state index contributed by atoms with van der Waals surface area (Å²) in [6.45, 7) is 3.80. The summed E-state index contributed by atoms with van der Waals surface area (Å²) in [6.07, 6.45) is 15.8. The van der Waals surface area contributed by atoms with Crippen LogP contribution in [0.1, 0.15) is 69.3 Å². The van der Waals surface area contributed by atoms with Crippen LogP contribution in [0.25, 0.3) is 11.0 Å². The van der Waals surface area contributed by atoms with Gasteiger partial charge in [-0.05, 0) is 68.7 Å². The van der Waals surface area contributed by atoms with Gasteiger partial charge in [0.1, 0.15) is 46.5 Å². The Balaban J connectivity index is 1.46. The molecule has 0 bridgehead atoms. The third kappa shape index (κ3) is 6.55. The van der Waals surface area contributed by atoms with E-state index in [1.807, 2.05) is 44.4 Å². The van der Waals surface area contributed by atoms with Crippen molar-refractivity contribution in [2.45, 2.75) is 89.7 Å². The molecule has 1 aromatic heterocycles. The molecule has 4 aliphatic rings. The zero-order chi connectivity index (χ0) is 33.3. The van der Waals surface area contributed by atoms with Crippen molar-refractivity contribution in [3.05, 3.63) is 92.3 Å². The van der Waals surface area contributed by atoms with Crippen LogP contribution in [0.15, 0.2) is 74.4 Å². The second-order valence-corrected chi connectivity index (χ2v) is 13.0. The molecule has 11 heteroatoms. The number of nitrogens with two attached hydrogens (primary N) is 2. The summed E-state index contributed by atoms with van der Waals surface area (Å²) >= 11 is 0. The summed E-state index contributed by atoms with van der Waals surface area (Å²) in [5, 5.41) is 27.7. The number of aliphatic hydroxyl groups is 1. The second-order valence-electron chi connectivity index (χ2n) is 13.0. The summed E-state index contributed by atoms with van der Waals surface area (Å²) < 4.78 is 19.3. The van der Waals surface area contributed by atoms with E-state index in [0.717, 1.165) is 36.8 Å². The smallest absolute Gasteiger partial charge is 0.334 e. The third-order valence-electron chi connectivity index (χ3n) is 9.78. The standard InChI is InChI=1S/C36H44N4O7/c1-3-24(22-6-4-5-7-22)35(44)46-28-17-25-32(43)31-27(42)16-23(19-41)45-34(31)26(14-21-11-13-39-30(38)15-21)33(25)47-36(28,2)12-10-20-8-9-29(37)40-18-20/h3,8-9,11,15-16,18,22,28-29,39-41,43H,4-7,10,12-14,17,19,37-38H2,1-2H3. The summed E-state index contributed by atoms with van der Waals surface area (Å²) in [5.74, 6) is 0.406. The fourth-order valence-electron chi connectivity index (χ4n) is 7.13. The molecule has 11 nitrogen and oxygen atoms in total. The molecule has 8 N–H and O–H groups in total. The van der Waals surface area contributed by atoms with Gasteiger partial charge < -0.3 is 46.2 Å². The van der Waals surface area contributed by atoms with E-state index in [9.17, 15) is 19.8 Å². The predicted octanol–water partition coefficient (Wildman–Crippen LogP) is 3.71. The first-order valence-electron chi connectivity index (χ1n) is 16.4. The Morgan fingerprint density at radius 2 is 2.04 bits per heavy atom. The minimum Gasteiger partial charge on any atom is -0.507 e. The average Bonchev–Trinajstić information content (AvgIpc) is 3.58. The molecule has 0 amide bonds. The van der Waals surface area contributed by atoms with Gasteiger partial charge in [-0.25, -0.2) is 4.79 Å². The highest BCUT2D eigenvalue weighted by Crippen LogP contribution is 2.48. The Kier molecular flexibility index (Phi) is 9.20. The predicted molar refractivity (Wildman–Crippen MR) is 178 cm³/mol. The van der Waals surface area contributed by atoms with Gasteiger partial charge in [0.15, 0.2) is 5.43 Å². The van der Waals surface area contributed by atoms with Gasteiger partial charge in [0.05, 0.1) is 12.0 Å². The van der Waals surface area contributed by atoms with Gasteiger partial charge in [0.2, 0.25) is 0 Å². The van der Waals surface area contributed by atoms with Gasteiger partial charge in [-0.2, -0.15) is 0 Å². The maximum atomic E-state index is 13.8. The van der Waals surface area contributed by atoms with E-state index in [0.29, 0.717) is 47.7 Å². The molecule has 6 rings (SSSR count). The van der Waals surface area contributed by atoms with Gasteiger partial charge in [-0.15, -0.1) is 0 Å². The van der Waals surface area contributed by atoms with Crippen molar-refractivity contribution < 1.29 is 28.9 Å². The lowest BCUT2D eigenvalue weighted by Gasteiger charge is -2.43. The van der Waals surface area contributed by atoms with Crippen LogP contribution in [-0.4, -0.2) is 40.6 Å². The molecule has 2 aromatic rings. The molecular formula is C36H44N4O7. The molecular weight excluding hydrogens is 600 g/mol. The SMILES string of the molecule is CC=C(C(=O)OC1Cc2c(c(CC3=CCNC(N)=C3)c3oc(CO)cc(=O)c3c2O)OC1(C)CCC1=CNC(N)C=C1)C1CCCC1. The Morgan fingerprint density at radius 1 is 1.26 bits per heavy atom. The van der Waals surface area contributed by atoms with Gasteiger partial charge in [-0.3, -0.25) is 4.79 Å². The number of nitrogens with one attached hydrogen (secondary N) is 2. The number of aromatic hydroxyl groups is 1. The Morgan fingerprint density at radius 3 is 2.72 bits per heavy atom. The maximum absolute atomic E-state index is 13.8. The largest absolute Gasteiger partial charge is 0.507 e. The van der Waals surface area contributed by atoms with Crippen LogP contribution in [0.5, 0.6) is 11.5 Å². The van der Waals surface area contributed by atoms with Gasteiger partial charge >= 0.3 is 5.97 Å². The van der Waals surface area contributed by atoms with Crippen LogP contribution >= 0.6 is 0 Å². The van der Waals surface area contributed by atoms with E-state index in [2.05, 4.69) is 10.6 Å². The first-order chi connectivity index (χ1) is 22.6. The van der Waals surface area contributed by atoms with Crippen LogP contribution in [0.2, 0.25) is 0 Å². The van der Waals surface area contributed by atoms with Crippen molar-refractivity contribution in [1.29, 1.82) is 0 Å². The molecule has 4 heterocycles.